The van der Waals surface area contributed by atoms with Crippen LogP contribution in [0, 0.1) is 5.82 Å². The van der Waals surface area contributed by atoms with E-state index in [2.05, 4.69) is 10.6 Å². The largest absolute Gasteiger partial charge is 0.497 e. The fraction of sp³-hybridized carbons (Fsp3) is 0.296. The molecule has 36 heavy (non-hydrogen) atoms. The number of ether oxygens (including phenoxy) is 1. The Hall–Kier alpha value is -4.14. The van der Waals surface area contributed by atoms with E-state index < -0.39 is 36.1 Å². The van der Waals surface area contributed by atoms with E-state index in [0.717, 1.165) is 30.6 Å². The molecule has 3 aromatic rings. The first kappa shape index (κ1) is 25.0. The summed E-state index contributed by atoms with van der Waals surface area (Å²) in [5.74, 6) is -1.76. The zero-order chi connectivity index (χ0) is 25.5. The molecule has 1 aromatic heterocycles. The fourth-order valence-corrected chi connectivity index (χ4v) is 4.35. The van der Waals surface area contributed by atoms with E-state index in [9.17, 15) is 14.4 Å². The molecule has 1 aliphatic rings. The Morgan fingerprint density at radius 2 is 1.78 bits per heavy atom. The summed E-state index contributed by atoms with van der Waals surface area (Å²) in [7, 11) is 1.52. The lowest BCUT2D eigenvalue weighted by molar-refractivity contribution is -0.126. The summed E-state index contributed by atoms with van der Waals surface area (Å²) < 4.78 is 25.3. The first-order valence-corrected chi connectivity index (χ1v) is 11.8. The molecule has 1 fully saturated rings. The third-order valence-electron chi connectivity index (χ3n) is 6.17. The zero-order valence-electron chi connectivity index (χ0n) is 19.9. The van der Waals surface area contributed by atoms with Crippen molar-refractivity contribution in [1.29, 1.82) is 0 Å². The Kier molecular flexibility index (Phi) is 7.99. The quantitative estimate of drug-likeness (QED) is 0.470. The molecule has 3 amide bonds. The van der Waals surface area contributed by atoms with Crippen LogP contribution in [0.25, 0.3) is 0 Å². The molecule has 1 atom stereocenters. The lowest BCUT2D eigenvalue weighted by atomic mass is 10.0. The van der Waals surface area contributed by atoms with Crippen molar-refractivity contribution in [2.75, 3.05) is 18.6 Å². The van der Waals surface area contributed by atoms with E-state index in [-0.39, 0.29) is 17.5 Å². The highest BCUT2D eigenvalue weighted by atomic mass is 19.1. The smallest absolute Gasteiger partial charge is 0.287 e. The minimum absolute atomic E-state index is 0.0190. The van der Waals surface area contributed by atoms with E-state index >= 15 is 4.39 Å². The number of benzene rings is 2. The molecule has 9 heteroatoms. The summed E-state index contributed by atoms with van der Waals surface area (Å²) in [5.41, 5.74) is 0.400. The van der Waals surface area contributed by atoms with Crippen LogP contribution in [-0.4, -0.2) is 37.4 Å². The van der Waals surface area contributed by atoms with Crippen molar-refractivity contribution in [3.05, 3.63) is 84.1 Å². The van der Waals surface area contributed by atoms with E-state index in [1.165, 1.54) is 37.6 Å². The molecule has 2 N–H and O–H groups in total. The third-order valence-corrected chi connectivity index (χ3v) is 6.17. The number of carbonyl (C=O) groups is 3. The van der Waals surface area contributed by atoms with Crippen LogP contribution < -0.4 is 20.3 Å². The Labute approximate surface area is 208 Å². The molecule has 2 aromatic carbocycles. The molecule has 0 radical (unpaired) electrons. The molecule has 0 aliphatic heterocycles. The molecule has 1 heterocycles. The van der Waals surface area contributed by atoms with Crippen molar-refractivity contribution in [2.24, 2.45) is 0 Å². The van der Waals surface area contributed by atoms with Crippen LogP contribution in [0.4, 0.5) is 10.1 Å². The third kappa shape index (κ3) is 5.73. The van der Waals surface area contributed by atoms with Crippen molar-refractivity contribution < 1.29 is 27.9 Å². The van der Waals surface area contributed by atoms with Crippen LogP contribution in [0.2, 0.25) is 0 Å². The van der Waals surface area contributed by atoms with Gasteiger partial charge in [-0.25, -0.2) is 4.39 Å². The van der Waals surface area contributed by atoms with Crippen LogP contribution in [-0.2, 0) is 9.59 Å². The first-order valence-electron chi connectivity index (χ1n) is 11.8. The number of methoxy groups -OCH3 is 1. The lowest BCUT2D eigenvalue weighted by Gasteiger charge is -2.32. The number of nitrogens with zero attached hydrogens (tertiary/aromatic N) is 1. The highest BCUT2D eigenvalue weighted by molar-refractivity contribution is 6.04. The highest BCUT2D eigenvalue weighted by Crippen LogP contribution is 2.31. The van der Waals surface area contributed by atoms with Gasteiger partial charge in [0.25, 0.3) is 5.91 Å². The van der Waals surface area contributed by atoms with Crippen molar-refractivity contribution in [3.8, 4) is 5.75 Å². The summed E-state index contributed by atoms with van der Waals surface area (Å²) in [6, 6.07) is 14.2. The van der Waals surface area contributed by atoms with Gasteiger partial charge in [0.05, 0.1) is 25.6 Å². The number of rotatable bonds is 9. The Bertz CT molecular complexity index is 1190. The number of hydrogen-bond donors (Lipinski definition) is 2. The predicted molar refractivity (Wildman–Crippen MR) is 131 cm³/mol. The molecule has 0 spiro atoms. The predicted octanol–water partition coefficient (Wildman–Crippen LogP) is 3.99. The molecular formula is C27H28FN3O5. The van der Waals surface area contributed by atoms with Gasteiger partial charge < -0.3 is 19.8 Å². The zero-order valence-corrected chi connectivity index (χ0v) is 19.9. The fourth-order valence-electron chi connectivity index (χ4n) is 4.35. The standard InChI is InChI=1S/C27H28FN3O5/c1-35-20-14-12-18(13-15-20)25(27(34)30-19-7-2-3-8-19)31(22-10-5-4-9-21(22)28)24(32)17-29-26(33)23-11-6-16-36-23/h4-6,9-16,19,25H,2-3,7-8,17H2,1H3,(H,29,33)(H,30,34)/t25-/m0/s1. The van der Waals surface area contributed by atoms with Crippen molar-refractivity contribution >= 4 is 23.4 Å². The summed E-state index contributed by atoms with van der Waals surface area (Å²) in [4.78, 5) is 40.7. The first-order chi connectivity index (χ1) is 17.5. The second-order valence-corrected chi connectivity index (χ2v) is 8.54. The number of halogens is 1. The average molecular weight is 494 g/mol. The number of amides is 3. The summed E-state index contributed by atoms with van der Waals surface area (Å²) >= 11 is 0. The molecule has 0 unspecified atom stereocenters. The van der Waals surface area contributed by atoms with Crippen LogP contribution in [0.5, 0.6) is 5.75 Å². The Morgan fingerprint density at radius 3 is 2.42 bits per heavy atom. The minimum Gasteiger partial charge on any atom is -0.497 e. The average Bonchev–Trinajstić information content (AvgIpc) is 3.61. The SMILES string of the molecule is COc1ccc([C@@H](C(=O)NC2CCCC2)N(C(=O)CNC(=O)c2ccco2)c2ccccc2F)cc1. The monoisotopic (exact) mass is 493 g/mol. The van der Waals surface area contributed by atoms with E-state index in [1.54, 1.807) is 36.4 Å². The van der Waals surface area contributed by atoms with Crippen molar-refractivity contribution in [1.82, 2.24) is 10.6 Å². The van der Waals surface area contributed by atoms with Crippen LogP contribution in [0.3, 0.4) is 0 Å². The van der Waals surface area contributed by atoms with Crippen LogP contribution >= 0.6 is 0 Å². The van der Waals surface area contributed by atoms with Gasteiger partial charge >= 0.3 is 0 Å². The number of nitrogens with one attached hydrogen (secondary N) is 2. The van der Waals surface area contributed by atoms with Crippen LogP contribution in [0.1, 0.15) is 47.8 Å². The maximum absolute atomic E-state index is 15.0. The van der Waals surface area contributed by atoms with Crippen molar-refractivity contribution in [2.45, 2.75) is 37.8 Å². The van der Waals surface area contributed by atoms with E-state index in [4.69, 9.17) is 9.15 Å². The van der Waals surface area contributed by atoms with Gasteiger partial charge in [-0.3, -0.25) is 19.3 Å². The highest BCUT2D eigenvalue weighted by Gasteiger charge is 2.35. The minimum atomic E-state index is -1.18. The topological polar surface area (TPSA) is 101 Å². The van der Waals surface area contributed by atoms with Gasteiger partial charge in [0, 0.05) is 6.04 Å². The number of furan rings is 1. The van der Waals surface area contributed by atoms with E-state index in [0.29, 0.717) is 11.3 Å². The van der Waals surface area contributed by atoms with Gasteiger partial charge in [0.15, 0.2) is 5.76 Å². The molecule has 0 bridgehead atoms. The molecule has 8 nitrogen and oxygen atoms in total. The second-order valence-electron chi connectivity index (χ2n) is 8.54. The maximum Gasteiger partial charge on any atom is 0.287 e. The summed E-state index contributed by atoms with van der Waals surface area (Å²) in [6.45, 7) is -0.475. The molecule has 188 valence electrons. The summed E-state index contributed by atoms with van der Waals surface area (Å²) in [6.07, 6.45) is 5.04. The number of anilines is 1. The molecule has 1 aliphatic carbocycles. The molecular weight excluding hydrogens is 465 g/mol. The number of carbonyl (C=O) groups excluding carboxylic acids is 3. The van der Waals surface area contributed by atoms with Gasteiger partial charge in [-0.1, -0.05) is 37.1 Å². The Morgan fingerprint density at radius 1 is 1.06 bits per heavy atom. The Balaban J connectivity index is 1.70. The number of para-hydroxylation sites is 1. The van der Waals surface area contributed by atoms with Gasteiger partial charge in [0.2, 0.25) is 11.8 Å². The summed E-state index contributed by atoms with van der Waals surface area (Å²) in [5, 5.41) is 5.52. The van der Waals surface area contributed by atoms with Crippen LogP contribution in [0.15, 0.2) is 71.3 Å². The van der Waals surface area contributed by atoms with E-state index in [1.807, 2.05) is 0 Å². The number of hydrogen-bond acceptors (Lipinski definition) is 5. The molecule has 0 saturated heterocycles. The van der Waals surface area contributed by atoms with Gasteiger partial charge in [-0.15, -0.1) is 0 Å². The van der Waals surface area contributed by atoms with Gasteiger partial charge in [-0.05, 0) is 54.8 Å². The van der Waals surface area contributed by atoms with Crippen molar-refractivity contribution in [3.63, 3.8) is 0 Å². The lowest BCUT2D eigenvalue weighted by Crippen LogP contribution is -2.49. The van der Waals surface area contributed by atoms with Gasteiger partial charge in [-0.2, -0.15) is 0 Å². The van der Waals surface area contributed by atoms with Gasteiger partial charge in [0.1, 0.15) is 17.6 Å². The second kappa shape index (κ2) is 11.5. The maximum atomic E-state index is 15.0. The molecule has 4 rings (SSSR count). The molecule has 1 saturated carbocycles. The normalized spacial score (nSPS) is 14.2.